The largest absolute Gasteiger partial charge is 0.455 e. The molecule has 0 saturated heterocycles. The van der Waals surface area contributed by atoms with Gasteiger partial charge in [-0.25, -0.2) is 9.40 Å². The molecule has 1 atom stereocenters. The number of benzene rings is 3. The molecule has 204 valence electrons. The Morgan fingerprint density at radius 2 is 1.65 bits per heavy atom. The highest BCUT2D eigenvalue weighted by atomic mass is 19.1. The van der Waals surface area contributed by atoms with E-state index < -0.39 is 11.4 Å². The molecule has 3 aliphatic rings. The molecule has 3 aromatic rings. The molecular weight excluding hydrogens is 503 g/mol. The van der Waals surface area contributed by atoms with Crippen molar-refractivity contribution in [3.05, 3.63) is 124 Å². The first-order chi connectivity index (χ1) is 19.5. The monoisotopic (exact) mass is 536 g/mol. The summed E-state index contributed by atoms with van der Waals surface area (Å²) in [6, 6.07) is 26.1. The molecule has 0 radical (unpaired) electrons. The van der Waals surface area contributed by atoms with Gasteiger partial charge in [-0.05, 0) is 78.1 Å². The maximum absolute atomic E-state index is 14.1. The van der Waals surface area contributed by atoms with Gasteiger partial charge in [-0.1, -0.05) is 85.6 Å². The lowest BCUT2D eigenvalue weighted by Gasteiger charge is -2.29. The van der Waals surface area contributed by atoms with Crippen molar-refractivity contribution in [3.8, 4) is 0 Å². The molecule has 40 heavy (non-hydrogen) atoms. The number of nitrogens with zero attached hydrogens (tertiary/aromatic N) is 1. The number of hydrogen-bond donors (Lipinski definition) is 1. The molecule has 1 saturated carbocycles. The van der Waals surface area contributed by atoms with E-state index in [1.165, 1.54) is 17.7 Å². The standard InChI is InChI=1S/C34H33FN2O3/c35-28-17-10-16-27(22-28)34(19-7-8-20-34)33(39)40-23-30(38)37-32(25-13-5-2-6-14-25)29-18-9-15-26(31(29)36-37)21-24-11-3-1-4-12-24/h1-6,10-14,16-17,21-22,32,36H,7-9,15,18-20,23H2/b26-21+/t32-/m1/s1. The molecule has 6 rings (SSSR count). The predicted octanol–water partition coefficient (Wildman–Crippen LogP) is 6.79. The van der Waals surface area contributed by atoms with Crippen LogP contribution in [-0.4, -0.2) is 23.5 Å². The Morgan fingerprint density at radius 3 is 2.38 bits per heavy atom. The zero-order chi connectivity index (χ0) is 27.5. The third-order valence-corrected chi connectivity index (χ3v) is 8.43. The van der Waals surface area contributed by atoms with E-state index in [2.05, 4.69) is 23.6 Å². The fourth-order valence-electron chi connectivity index (χ4n) is 6.48. The summed E-state index contributed by atoms with van der Waals surface area (Å²) in [6.45, 7) is -0.384. The second-order valence-corrected chi connectivity index (χ2v) is 10.9. The van der Waals surface area contributed by atoms with Crippen molar-refractivity contribution in [2.45, 2.75) is 56.4 Å². The number of rotatable bonds is 6. The number of esters is 1. The Balaban J connectivity index is 1.25. The highest BCUT2D eigenvalue weighted by Gasteiger charge is 2.45. The Morgan fingerprint density at radius 1 is 0.925 bits per heavy atom. The maximum atomic E-state index is 14.1. The maximum Gasteiger partial charge on any atom is 0.317 e. The molecule has 5 nitrogen and oxygen atoms in total. The molecular formula is C34H33FN2O3. The Labute approximate surface area is 234 Å². The summed E-state index contributed by atoms with van der Waals surface area (Å²) in [4.78, 5) is 27.2. The molecule has 1 heterocycles. The van der Waals surface area contributed by atoms with Gasteiger partial charge in [0.15, 0.2) is 6.61 Å². The second-order valence-electron chi connectivity index (χ2n) is 10.9. The number of carbonyl (C=O) groups is 2. The SMILES string of the molecule is O=C(COC(=O)C1(c2cccc(F)c2)CCCC1)N1NC2=C(CCC/C2=C\c2ccccc2)[C@H]1c1ccccc1. The third kappa shape index (κ3) is 4.94. The van der Waals surface area contributed by atoms with Gasteiger partial charge in [-0.2, -0.15) is 0 Å². The molecule has 3 aromatic carbocycles. The average Bonchev–Trinajstić information content (AvgIpc) is 3.64. The summed E-state index contributed by atoms with van der Waals surface area (Å²) in [5.41, 5.74) is 8.55. The minimum Gasteiger partial charge on any atom is -0.455 e. The molecule has 0 spiro atoms. The van der Waals surface area contributed by atoms with E-state index in [0.717, 1.165) is 54.5 Å². The molecule has 0 unspecified atom stereocenters. The molecule has 1 amide bonds. The first-order valence-corrected chi connectivity index (χ1v) is 14.1. The molecule has 0 bridgehead atoms. The van der Waals surface area contributed by atoms with Gasteiger partial charge >= 0.3 is 5.97 Å². The molecule has 6 heteroatoms. The first-order valence-electron chi connectivity index (χ1n) is 14.1. The average molecular weight is 537 g/mol. The number of halogens is 1. The number of nitrogens with one attached hydrogen (secondary N) is 1. The van der Waals surface area contributed by atoms with Gasteiger partial charge in [0.2, 0.25) is 0 Å². The van der Waals surface area contributed by atoms with Crippen LogP contribution in [0.25, 0.3) is 6.08 Å². The summed E-state index contributed by atoms with van der Waals surface area (Å²) in [6.07, 6.45) is 7.85. The zero-order valence-corrected chi connectivity index (χ0v) is 22.4. The van der Waals surface area contributed by atoms with Gasteiger partial charge in [-0.3, -0.25) is 15.0 Å². The quantitative estimate of drug-likeness (QED) is 0.353. The molecule has 1 fully saturated rings. The lowest BCUT2D eigenvalue weighted by molar-refractivity contribution is -0.158. The molecule has 1 N–H and O–H groups in total. The number of allylic oxidation sites excluding steroid dienone is 1. The van der Waals surface area contributed by atoms with Crippen LogP contribution in [0.1, 0.15) is 67.7 Å². The van der Waals surface area contributed by atoms with Crippen LogP contribution in [0.2, 0.25) is 0 Å². The topological polar surface area (TPSA) is 58.6 Å². The fourth-order valence-corrected chi connectivity index (χ4v) is 6.48. The Bertz CT molecular complexity index is 1460. The van der Waals surface area contributed by atoms with E-state index in [1.807, 2.05) is 48.5 Å². The van der Waals surface area contributed by atoms with Crippen molar-refractivity contribution in [1.82, 2.24) is 10.4 Å². The Hall–Kier alpha value is -4.19. The van der Waals surface area contributed by atoms with Gasteiger partial charge in [0.05, 0.1) is 11.1 Å². The van der Waals surface area contributed by atoms with Crippen molar-refractivity contribution >= 4 is 18.0 Å². The third-order valence-electron chi connectivity index (χ3n) is 8.43. The van der Waals surface area contributed by atoms with Crippen molar-refractivity contribution in [1.29, 1.82) is 0 Å². The van der Waals surface area contributed by atoms with Crippen molar-refractivity contribution in [2.75, 3.05) is 6.61 Å². The van der Waals surface area contributed by atoms with Crippen LogP contribution >= 0.6 is 0 Å². The van der Waals surface area contributed by atoms with Crippen molar-refractivity contribution in [3.63, 3.8) is 0 Å². The Kier molecular flexibility index (Phi) is 7.25. The van der Waals surface area contributed by atoms with Gasteiger partial charge in [-0.15, -0.1) is 0 Å². The van der Waals surface area contributed by atoms with Crippen LogP contribution in [0.3, 0.4) is 0 Å². The van der Waals surface area contributed by atoms with E-state index >= 15 is 0 Å². The van der Waals surface area contributed by atoms with Crippen molar-refractivity contribution in [2.24, 2.45) is 0 Å². The van der Waals surface area contributed by atoms with E-state index in [0.29, 0.717) is 18.4 Å². The summed E-state index contributed by atoms with van der Waals surface area (Å²) in [7, 11) is 0. The minimum absolute atomic E-state index is 0.287. The highest BCUT2D eigenvalue weighted by Crippen LogP contribution is 2.45. The van der Waals surface area contributed by atoms with Crippen LogP contribution in [0, 0.1) is 5.82 Å². The highest BCUT2D eigenvalue weighted by molar-refractivity contribution is 5.87. The molecule has 0 aromatic heterocycles. The molecule has 1 aliphatic heterocycles. The second kappa shape index (κ2) is 11.1. The number of hydrazine groups is 1. The molecule has 2 aliphatic carbocycles. The summed E-state index contributed by atoms with van der Waals surface area (Å²) in [5, 5.41) is 1.63. The fraction of sp³-hybridized carbons (Fsp3) is 0.294. The number of carbonyl (C=O) groups excluding carboxylic acids is 2. The van der Waals surface area contributed by atoms with Gasteiger partial charge in [0, 0.05) is 0 Å². The normalized spacial score (nSPS) is 20.8. The number of amides is 1. The van der Waals surface area contributed by atoms with Crippen LogP contribution < -0.4 is 5.43 Å². The summed E-state index contributed by atoms with van der Waals surface area (Å²) in [5.74, 6) is -1.15. The van der Waals surface area contributed by atoms with Gasteiger partial charge < -0.3 is 4.74 Å². The van der Waals surface area contributed by atoms with Crippen LogP contribution in [0.15, 0.2) is 102 Å². The number of ether oxygens (including phenoxy) is 1. The zero-order valence-electron chi connectivity index (χ0n) is 22.4. The van der Waals surface area contributed by atoms with Gasteiger partial charge in [0.25, 0.3) is 5.91 Å². The number of hydrogen-bond acceptors (Lipinski definition) is 4. The van der Waals surface area contributed by atoms with Crippen molar-refractivity contribution < 1.29 is 18.7 Å². The van der Waals surface area contributed by atoms with Gasteiger partial charge in [0.1, 0.15) is 11.9 Å². The van der Waals surface area contributed by atoms with Crippen LogP contribution in [-0.2, 0) is 19.7 Å². The first kappa shape index (κ1) is 26.1. The lowest BCUT2D eigenvalue weighted by Crippen LogP contribution is -2.44. The summed E-state index contributed by atoms with van der Waals surface area (Å²) < 4.78 is 19.8. The van der Waals surface area contributed by atoms with E-state index in [9.17, 15) is 14.0 Å². The lowest BCUT2D eigenvalue weighted by atomic mass is 9.79. The summed E-state index contributed by atoms with van der Waals surface area (Å²) >= 11 is 0. The van der Waals surface area contributed by atoms with E-state index in [4.69, 9.17) is 4.74 Å². The van der Waals surface area contributed by atoms with E-state index in [1.54, 1.807) is 17.1 Å². The van der Waals surface area contributed by atoms with E-state index in [-0.39, 0.29) is 24.4 Å². The van der Waals surface area contributed by atoms with Crippen LogP contribution in [0.5, 0.6) is 0 Å². The van der Waals surface area contributed by atoms with Crippen LogP contribution in [0.4, 0.5) is 4.39 Å². The predicted molar refractivity (Wildman–Crippen MR) is 152 cm³/mol. The minimum atomic E-state index is -0.914. The smallest absolute Gasteiger partial charge is 0.317 e.